The molecule has 0 spiro atoms. The van der Waals surface area contributed by atoms with Gasteiger partial charge in [-0.05, 0) is 51.4 Å². The van der Waals surface area contributed by atoms with Gasteiger partial charge >= 0.3 is 0 Å². The SMILES string of the molecule is COCC1(CNC(=O)CSc2cc(C)ccc2C)CCNCC1.Cl. The van der Waals surface area contributed by atoms with E-state index in [4.69, 9.17) is 4.74 Å². The van der Waals surface area contributed by atoms with Crippen LogP contribution in [0.25, 0.3) is 0 Å². The molecule has 136 valence electrons. The summed E-state index contributed by atoms with van der Waals surface area (Å²) in [6.45, 7) is 7.57. The first-order chi connectivity index (χ1) is 11.0. The van der Waals surface area contributed by atoms with Crippen LogP contribution in [-0.4, -0.2) is 45.0 Å². The Morgan fingerprint density at radius 1 is 1.33 bits per heavy atom. The number of aryl methyl sites for hydroxylation is 2. The summed E-state index contributed by atoms with van der Waals surface area (Å²) in [5, 5.41) is 6.49. The molecule has 0 aromatic heterocycles. The molecule has 6 heteroatoms. The largest absolute Gasteiger partial charge is 0.384 e. The maximum atomic E-state index is 12.2. The van der Waals surface area contributed by atoms with Gasteiger partial charge in [0.1, 0.15) is 0 Å². The summed E-state index contributed by atoms with van der Waals surface area (Å²) in [5.74, 6) is 0.566. The first-order valence-electron chi connectivity index (χ1n) is 8.21. The number of halogens is 1. The van der Waals surface area contributed by atoms with Crippen LogP contribution in [0.5, 0.6) is 0 Å². The molecule has 0 bridgehead atoms. The van der Waals surface area contributed by atoms with Crippen molar-refractivity contribution in [3.05, 3.63) is 29.3 Å². The molecule has 1 saturated heterocycles. The fourth-order valence-electron chi connectivity index (χ4n) is 2.98. The summed E-state index contributed by atoms with van der Waals surface area (Å²) in [5.41, 5.74) is 2.54. The van der Waals surface area contributed by atoms with Gasteiger partial charge in [0.2, 0.25) is 5.91 Å². The lowest BCUT2D eigenvalue weighted by Gasteiger charge is -2.37. The highest BCUT2D eigenvalue weighted by Crippen LogP contribution is 2.28. The van der Waals surface area contributed by atoms with Crippen LogP contribution >= 0.6 is 24.2 Å². The average Bonchev–Trinajstić information content (AvgIpc) is 2.55. The van der Waals surface area contributed by atoms with E-state index in [1.165, 1.54) is 16.0 Å². The third-order valence-electron chi connectivity index (χ3n) is 4.48. The molecule has 0 unspecified atom stereocenters. The molecular weight excluding hydrogens is 344 g/mol. The lowest BCUT2D eigenvalue weighted by Crippen LogP contribution is -2.47. The van der Waals surface area contributed by atoms with Crippen molar-refractivity contribution in [1.29, 1.82) is 0 Å². The summed E-state index contributed by atoms with van der Waals surface area (Å²) in [6.07, 6.45) is 2.09. The highest BCUT2D eigenvalue weighted by molar-refractivity contribution is 8.00. The van der Waals surface area contributed by atoms with Crippen molar-refractivity contribution < 1.29 is 9.53 Å². The molecule has 1 aromatic rings. The smallest absolute Gasteiger partial charge is 0.230 e. The Morgan fingerprint density at radius 3 is 2.71 bits per heavy atom. The zero-order chi connectivity index (χ0) is 16.7. The molecule has 2 N–H and O–H groups in total. The monoisotopic (exact) mass is 372 g/mol. The van der Waals surface area contributed by atoms with Crippen molar-refractivity contribution in [3.8, 4) is 0 Å². The summed E-state index contributed by atoms with van der Waals surface area (Å²) in [7, 11) is 1.74. The van der Waals surface area contributed by atoms with Crippen LogP contribution in [0.15, 0.2) is 23.1 Å². The predicted molar refractivity (Wildman–Crippen MR) is 103 cm³/mol. The van der Waals surface area contributed by atoms with Crippen LogP contribution in [0, 0.1) is 19.3 Å². The molecule has 0 saturated carbocycles. The van der Waals surface area contributed by atoms with E-state index in [1.54, 1.807) is 18.9 Å². The molecule has 4 nitrogen and oxygen atoms in total. The number of amides is 1. The lowest BCUT2D eigenvalue weighted by atomic mass is 9.79. The van der Waals surface area contributed by atoms with Crippen molar-refractivity contribution in [2.24, 2.45) is 5.41 Å². The second-order valence-corrected chi connectivity index (χ2v) is 7.53. The third kappa shape index (κ3) is 6.28. The fraction of sp³-hybridized carbons (Fsp3) is 0.611. The zero-order valence-corrected chi connectivity index (χ0v) is 16.4. The van der Waals surface area contributed by atoms with E-state index < -0.39 is 0 Å². The van der Waals surface area contributed by atoms with Gasteiger partial charge in [0, 0.05) is 24.0 Å². The van der Waals surface area contributed by atoms with Crippen LogP contribution in [0.3, 0.4) is 0 Å². The number of carbonyl (C=O) groups excluding carboxylic acids is 1. The highest BCUT2D eigenvalue weighted by Gasteiger charge is 2.32. The number of carbonyl (C=O) groups is 1. The van der Waals surface area contributed by atoms with Gasteiger partial charge in [-0.25, -0.2) is 0 Å². The lowest BCUT2D eigenvalue weighted by molar-refractivity contribution is -0.119. The van der Waals surface area contributed by atoms with Crippen molar-refractivity contribution in [3.63, 3.8) is 0 Å². The number of benzene rings is 1. The molecule has 1 heterocycles. The minimum absolute atomic E-state index is 0. The standard InChI is InChI=1S/C18H28N2O2S.ClH/c1-14-4-5-15(2)16(10-14)23-11-17(21)20-12-18(13-22-3)6-8-19-9-7-18;/h4-5,10,19H,6-9,11-13H2,1-3H3,(H,20,21);1H. The Morgan fingerprint density at radius 2 is 2.04 bits per heavy atom. The van der Waals surface area contributed by atoms with E-state index in [1.807, 2.05) is 0 Å². The Kier molecular flexibility index (Phi) is 9.13. The minimum Gasteiger partial charge on any atom is -0.384 e. The molecule has 24 heavy (non-hydrogen) atoms. The van der Waals surface area contributed by atoms with Crippen LogP contribution < -0.4 is 10.6 Å². The summed E-state index contributed by atoms with van der Waals surface area (Å²) < 4.78 is 5.39. The van der Waals surface area contributed by atoms with Crippen molar-refractivity contribution in [1.82, 2.24) is 10.6 Å². The number of ether oxygens (including phenoxy) is 1. The van der Waals surface area contributed by atoms with E-state index in [0.29, 0.717) is 18.9 Å². The highest BCUT2D eigenvalue weighted by atomic mass is 35.5. The summed E-state index contributed by atoms with van der Waals surface area (Å²) in [4.78, 5) is 13.4. The Hall–Kier alpha value is -0.750. The predicted octanol–water partition coefficient (Wildman–Crippen LogP) is 2.95. The van der Waals surface area contributed by atoms with E-state index >= 15 is 0 Å². The Balaban J connectivity index is 0.00000288. The van der Waals surface area contributed by atoms with Gasteiger partial charge < -0.3 is 15.4 Å². The molecule has 1 amide bonds. The number of hydrogen-bond acceptors (Lipinski definition) is 4. The van der Waals surface area contributed by atoms with Crippen molar-refractivity contribution >= 4 is 30.1 Å². The second kappa shape index (κ2) is 10.3. The first kappa shape index (κ1) is 21.3. The molecule has 1 aromatic carbocycles. The number of rotatable bonds is 7. The number of hydrogen-bond donors (Lipinski definition) is 2. The van der Waals surface area contributed by atoms with Gasteiger partial charge in [-0.3, -0.25) is 4.79 Å². The van der Waals surface area contributed by atoms with Gasteiger partial charge in [0.15, 0.2) is 0 Å². The summed E-state index contributed by atoms with van der Waals surface area (Å²) in [6, 6.07) is 6.36. The number of methoxy groups -OCH3 is 1. The van der Waals surface area contributed by atoms with Gasteiger partial charge in [-0.15, -0.1) is 24.2 Å². The minimum atomic E-state index is 0. The first-order valence-corrected chi connectivity index (χ1v) is 9.20. The zero-order valence-electron chi connectivity index (χ0n) is 14.8. The van der Waals surface area contributed by atoms with Crippen LogP contribution in [0.1, 0.15) is 24.0 Å². The molecule has 2 rings (SSSR count). The van der Waals surface area contributed by atoms with Crippen LogP contribution in [0.4, 0.5) is 0 Å². The molecular formula is C18H29ClN2O2S. The van der Waals surface area contributed by atoms with E-state index in [-0.39, 0.29) is 23.7 Å². The Labute approximate surface area is 155 Å². The topological polar surface area (TPSA) is 50.4 Å². The van der Waals surface area contributed by atoms with Crippen LogP contribution in [0.2, 0.25) is 0 Å². The number of nitrogens with one attached hydrogen (secondary N) is 2. The van der Waals surface area contributed by atoms with Crippen LogP contribution in [-0.2, 0) is 9.53 Å². The van der Waals surface area contributed by atoms with E-state index in [0.717, 1.165) is 25.9 Å². The molecule has 1 aliphatic heterocycles. The van der Waals surface area contributed by atoms with Gasteiger partial charge in [0.25, 0.3) is 0 Å². The fourth-order valence-corrected chi connectivity index (χ4v) is 3.93. The maximum absolute atomic E-state index is 12.2. The number of thioether (sulfide) groups is 1. The molecule has 1 aliphatic rings. The van der Waals surface area contributed by atoms with Gasteiger partial charge in [-0.2, -0.15) is 0 Å². The van der Waals surface area contributed by atoms with Crippen molar-refractivity contribution in [2.45, 2.75) is 31.6 Å². The quantitative estimate of drug-likeness (QED) is 0.722. The molecule has 1 fully saturated rings. The van der Waals surface area contributed by atoms with Gasteiger partial charge in [0.05, 0.1) is 12.4 Å². The van der Waals surface area contributed by atoms with E-state index in [9.17, 15) is 4.79 Å². The molecule has 0 radical (unpaired) electrons. The molecule has 0 aliphatic carbocycles. The third-order valence-corrected chi connectivity index (χ3v) is 5.64. The average molecular weight is 373 g/mol. The second-order valence-electron chi connectivity index (χ2n) is 6.52. The Bertz CT molecular complexity index is 528. The van der Waals surface area contributed by atoms with E-state index in [2.05, 4.69) is 42.7 Å². The molecule has 0 atom stereocenters. The van der Waals surface area contributed by atoms with Crippen molar-refractivity contribution in [2.75, 3.05) is 39.1 Å². The number of piperidine rings is 1. The van der Waals surface area contributed by atoms with Gasteiger partial charge in [-0.1, -0.05) is 17.7 Å². The maximum Gasteiger partial charge on any atom is 0.230 e. The normalized spacial score (nSPS) is 16.3. The summed E-state index contributed by atoms with van der Waals surface area (Å²) >= 11 is 1.61.